The van der Waals surface area contributed by atoms with E-state index in [4.69, 9.17) is 10.8 Å². The number of nitrogen functional groups attached to an aromatic ring is 1. The highest BCUT2D eigenvalue weighted by Crippen LogP contribution is 2.27. The van der Waals surface area contributed by atoms with Crippen LogP contribution in [0.2, 0.25) is 0 Å². The minimum absolute atomic E-state index is 0.0305. The Hall–Kier alpha value is -1.36. The van der Waals surface area contributed by atoms with Crippen molar-refractivity contribution in [2.75, 3.05) is 17.7 Å². The number of aryl methyl sites for hydroxylation is 1. The molecule has 0 spiro atoms. The second kappa shape index (κ2) is 5.52. The molecule has 18 heavy (non-hydrogen) atoms. The van der Waals surface area contributed by atoms with Gasteiger partial charge in [0.25, 0.3) is 0 Å². The molecule has 1 aromatic heterocycles. The molecule has 4 N–H and O–H groups in total. The van der Waals surface area contributed by atoms with Gasteiger partial charge < -0.3 is 16.2 Å². The molecule has 0 amide bonds. The van der Waals surface area contributed by atoms with Crippen molar-refractivity contribution >= 4 is 11.6 Å². The molecule has 0 saturated carbocycles. The molecule has 0 aliphatic carbocycles. The average Bonchev–Trinajstić information content (AvgIpc) is 2.23. The van der Waals surface area contributed by atoms with E-state index in [1.165, 1.54) is 0 Å². The Balaban J connectivity index is 3.01. The fourth-order valence-corrected chi connectivity index (χ4v) is 1.81. The molecule has 1 aromatic rings. The minimum Gasteiger partial charge on any atom is -0.396 e. The molecule has 1 unspecified atom stereocenters. The first-order chi connectivity index (χ1) is 8.25. The number of hydrogen-bond donors (Lipinski definition) is 3. The van der Waals surface area contributed by atoms with Crippen LogP contribution in [0.15, 0.2) is 0 Å². The van der Waals surface area contributed by atoms with Gasteiger partial charge in [-0.2, -0.15) is 0 Å². The maximum Gasteiger partial charge on any atom is 0.134 e. The van der Waals surface area contributed by atoms with Gasteiger partial charge in [0.1, 0.15) is 17.5 Å². The summed E-state index contributed by atoms with van der Waals surface area (Å²) < 4.78 is 0. The SMILES string of the molecule is Cc1nc(N)c(C)c(NC(CCO)C(C)(C)C)n1. The highest BCUT2D eigenvalue weighted by atomic mass is 16.3. The second-order valence-electron chi connectivity index (χ2n) is 5.70. The number of aliphatic hydroxyl groups is 1. The first-order valence-corrected chi connectivity index (χ1v) is 6.23. The molecule has 0 fully saturated rings. The van der Waals surface area contributed by atoms with Gasteiger partial charge in [-0.05, 0) is 25.7 Å². The van der Waals surface area contributed by atoms with E-state index in [0.717, 1.165) is 11.4 Å². The molecule has 0 saturated heterocycles. The standard InChI is InChI=1S/C13H24N4O/c1-8-11(14)15-9(2)16-12(8)17-10(6-7-18)13(3,4)5/h10,18H,6-7H2,1-5H3,(H3,14,15,16,17). The third-order valence-corrected chi connectivity index (χ3v) is 3.07. The largest absolute Gasteiger partial charge is 0.396 e. The Morgan fingerprint density at radius 3 is 2.39 bits per heavy atom. The van der Waals surface area contributed by atoms with Crippen LogP contribution in [-0.2, 0) is 0 Å². The number of aliphatic hydroxyl groups excluding tert-OH is 1. The highest BCUT2D eigenvalue weighted by Gasteiger charge is 2.25. The van der Waals surface area contributed by atoms with Crippen molar-refractivity contribution in [3.8, 4) is 0 Å². The number of aromatic nitrogens is 2. The van der Waals surface area contributed by atoms with Crippen LogP contribution >= 0.6 is 0 Å². The Morgan fingerprint density at radius 2 is 1.89 bits per heavy atom. The monoisotopic (exact) mass is 252 g/mol. The smallest absolute Gasteiger partial charge is 0.134 e. The molecule has 5 nitrogen and oxygen atoms in total. The summed E-state index contributed by atoms with van der Waals surface area (Å²) in [6, 6.07) is 0.134. The number of hydrogen-bond acceptors (Lipinski definition) is 5. The third-order valence-electron chi connectivity index (χ3n) is 3.07. The van der Waals surface area contributed by atoms with E-state index in [-0.39, 0.29) is 18.1 Å². The highest BCUT2D eigenvalue weighted by molar-refractivity contribution is 5.55. The molecule has 0 aliphatic heterocycles. The van der Waals surface area contributed by atoms with E-state index in [2.05, 4.69) is 36.1 Å². The average molecular weight is 252 g/mol. The Bertz CT molecular complexity index is 412. The zero-order valence-electron chi connectivity index (χ0n) is 11.9. The molecule has 1 heterocycles. The van der Waals surface area contributed by atoms with Crippen LogP contribution in [0.5, 0.6) is 0 Å². The van der Waals surface area contributed by atoms with E-state index in [9.17, 15) is 0 Å². The van der Waals surface area contributed by atoms with E-state index >= 15 is 0 Å². The third kappa shape index (κ3) is 3.57. The normalized spacial score (nSPS) is 13.4. The fraction of sp³-hybridized carbons (Fsp3) is 0.692. The summed E-state index contributed by atoms with van der Waals surface area (Å²) in [7, 11) is 0. The summed E-state index contributed by atoms with van der Waals surface area (Å²) >= 11 is 0. The van der Waals surface area contributed by atoms with Crippen molar-refractivity contribution < 1.29 is 5.11 Å². The first-order valence-electron chi connectivity index (χ1n) is 6.23. The Kier molecular flexibility index (Phi) is 4.51. The molecular formula is C13H24N4O. The fourth-order valence-electron chi connectivity index (χ4n) is 1.81. The van der Waals surface area contributed by atoms with Crippen molar-refractivity contribution in [2.24, 2.45) is 5.41 Å². The van der Waals surface area contributed by atoms with E-state index in [1.54, 1.807) is 0 Å². The van der Waals surface area contributed by atoms with Crippen LogP contribution in [0.1, 0.15) is 38.6 Å². The summed E-state index contributed by atoms with van der Waals surface area (Å²) in [6.45, 7) is 10.3. The van der Waals surface area contributed by atoms with Crippen LogP contribution in [0, 0.1) is 19.3 Å². The lowest BCUT2D eigenvalue weighted by Crippen LogP contribution is -2.35. The zero-order chi connectivity index (χ0) is 13.9. The number of rotatable bonds is 4. The number of nitrogens with one attached hydrogen (secondary N) is 1. The van der Waals surface area contributed by atoms with Gasteiger partial charge in [-0.15, -0.1) is 0 Å². The van der Waals surface area contributed by atoms with Crippen LogP contribution in [0.25, 0.3) is 0 Å². The molecule has 0 aromatic carbocycles. The molecule has 0 bridgehead atoms. The Labute approximate surface area is 109 Å². The lowest BCUT2D eigenvalue weighted by atomic mass is 9.85. The van der Waals surface area contributed by atoms with Crippen molar-refractivity contribution in [2.45, 2.75) is 47.1 Å². The maximum atomic E-state index is 9.16. The second-order valence-corrected chi connectivity index (χ2v) is 5.70. The van der Waals surface area contributed by atoms with Crippen LogP contribution in [0.4, 0.5) is 11.6 Å². The molecule has 0 radical (unpaired) electrons. The van der Waals surface area contributed by atoms with E-state index in [0.29, 0.717) is 18.1 Å². The quantitative estimate of drug-likeness (QED) is 0.762. The molecule has 1 atom stereocenters. The molecule has 0 aliphatic rings. The van der Waals surface area contributed by atoms with Gasteiger partial charge in [0.2, 0.25) is 0 Å². The van der Waals surface area contributed by atoms with Gasteiger partial charge in [0.15, 0.2) is 0 Å². The van der Waals surface area contributed by atoms with Crippen LogP contribution in [-0.4, -0.2) is 27.7 Å². The maximum absolute atomic E-state index is 9.16. The van der Waals surface area contributed by atoms with Gasteiger partial charge >= 0.3 is 0 Å². The molecule has 5 heteroatoms. The topological polar surface area (TPSA) is 84.1 Å². The lowest BCUT2D eigenvalue weighted by Gasteiger charge is -2.32. The van der Waals surface area contributed by atoms with Crippen molar-refractivity contribution in [3.05, 3.63) is 11.4 Å². The van der Waals surface area contributed by atoms with Gasteiger partial charge in [-0.1, -0.05) is 20.8 Å². The summed E-state index contributed by atoms with van der Waals surface area (Å²) in [5, 5.41) is 12.5. The van der Waals surface area contributed by atoms with Crippen molar-refractivity contribution in [1.82, 2.24) is 9.97 Å². The number of nitrogens with zero attached hydrogens (tertiary/aromatic N) is 2. The van der Waals surface area contributed by atoms with E-state index in [1.807, 2.05) is 13.8 Å². The first kappa shape index (κ1) is 14.7. The molecule has 1 rings (SSSR count). The van der Waals surface area contributed by atoms with Gasteiger partial charge in [0.05, 0.1) is 0 Å². The van der Waals surface area contributed by atoms with Gasteiger partial charge in [-0.25, -0.2) is 9.97 Å². The van der Waals surface area contributed by atoms with Gasteiger partial charge in [-0.3, -0.25) is 0 Å². The summed E-state index contributed by atoms with van der Waals surface area (Å²) in [5.41, 5.74) is 6.72. The van der Waals surface area contributed by atoms with Crippen LogP contribution < -0.4 is 11.1 Å². The van der Waals surface area contributed by atoms with Gasteiger partial charge in [0, 0.05) is 18.2 Å². The predicted octanol–water partition coefficient (Wildman–Crippen LogP) is 1.88. The zero-order valence-corrected chi connectivity index (χ0v) is 11.9. The minimum atomic E-state index is 0.0305. The number of anilines is 2. The number of nitrogens with two attached hydrogens (primary N) is 1. The van der Waals surface area contributed by atoms with E-state index < -0.39 is 0 Å². The molecule has 102 valence electrons. The van der Waals surface area contributed by atoms with Crippen molar-refractivity contribution in [1.29, 1.82) is 0 Å². The lowest BCUT2D eigenvalue weighted by molar-refractivity contribution is 0.235. The van der Waals surface area contributed by atoms with Crippen molar-refractivity contribution in [3.63, 3.8) is 0 Å². The summed E-state index contributed by atoms with van der Waals surface area (Å²) in [4.78, 5) is 8.51. The summed E-state index contributed by atoms with van der Waals surface area (Å²) in [5.74, 6) is 1.91. The Morgan fingerprint density at radius 1 is 1.28 bits per heavy atom. The predicted molar refractivity (Wildman–Crippen MR) is 74.5 cm³/mol. The molecular weight excluding hydrogens is 228 g/mol. The summed E-state index contributed by atoms with van der Waals surface area (Å²) in [6.07, 6.45) is 0.673. The van der Waals surface area contributed by atoms with Crippen LogP contribution in [0.3, 0.4) is 0 Å².